The second kappa shape index (κ2) is 8.06. The third-order valence-electron chi connectivity index (χ3n) is 4.23. The molecule has 0 spiro atoms. The summed E-state index contributed by atoms with van der Waals surface area (Å²) in [7, 11) is -3.25. The molecule has 0 unspecified atom stereocenters. The van der Waals surface area contributed by atoms with Gasteiger partial charge in [-0.05, 0) is 41.8 Å². The molecule has 1 N–H and O–H groups in total. The summed E-state index contributed by atoms with van der Waals surface area (Å²) in [6, 6.07) is 10.2. The molecule has 0 saturated carbocycles. The van der Waals surface area contributed by atoms with Crippen molar-refractivity contribution >= 4 is 44.8 Å². The van der Waals surface area contributed by atoms with Gasteiger partial charge in [-0.3, -0.25) is 4.79 Å². The average molecular weight is 429 g/mol. The molecule has 0 atom stereocenters. The predicted molar refractivity (Wildman–Crippen MR) is 106 cm³/mol. The smallest absolute Gasteiger partial charge is 0.262 e. The molecule has 3 rings (SSSR count). The molecule has 0 aliphatic carbocycles. The molecule has 0 aromatic heterocycles. The maximum Gasteiger partial charge on any atom is 0.262 e. The number of rotatable bonds is 5. The van der Waals surface area contributed by atoms with Gasteiger partial charge in [-0.1, -0.05) is 35.3 Å². The van der Waals surface area contributed by atoms with Gasteiger partial charge in [-0.15, -0.1) is 0 Å². The van der Waals surface area contributed by atoms with Crippen LogP contribution in [0.3, 0.4) is 0 Å². The normalized spacial score (nSPS) is 14.5. The Balaban J connectivity index is 1.67. The number of hydrogen-bond acceptors (Lipinski definition) is 4. The van der Waals surface area contributed by atoms with Crippen LogP contribution in [0.15, 0.2) is 36.4 Å². The zero-order valence-electron chi connectivity index (χ0n) is 14.5. The molecule has 1 heterocycles. The molecule has 1 aliphatic heterocycles. The monoisotopic (exact) mass is 428 g/mol. The summed E-state index contributed by atoms with van der Waals surface area (Å²) < 4.78 is 30.4. The Kier molecular flexibility index (Phi) is 5.95. The number of fused-ring (bicyclic) bond motifs is 1. The average Bonchev–Trinajstić information content (AvgIpc) is 2.60. The number of halogens is 2. The van der Waals surface area contributed by atoms with Crippen LogP contribution >= 0.6 is 23.2 Å². The Labute approximate surface area is 168 Å². The SMILES string of the molecule is CS(=O)(=O)N1CCc2c(cccc2NC(=O)COc2ccc(Cl)cc2Cl)C1. The van der Waals surface area contributed by atoms with Crippen LogP contribution in [0.1, 0.15) is 11.1 Å². The van der Waals surface area contributed by atoms with Crippen LogP contribution in [-0.4, -0.2) is 38.0 Å². The number of nitrogens with zero attached hydrogens (tertiary/aromatic N) is 1. The van der Waals surface area contributed by atoms with E-state index < -0.39 is 10.0 Å². The first-order valence-corrected chi connectivity index (χ1v) is 10.8. The molecule has 6 nitrogen and oxygen atoms in total. The van der Waals surface area contributed by atoms with Gasteiger partial charge in [0.15, 0.2) is 6.61 Å². The number of carbonyl (C=O) groups excluding carboxylic acids is 1. The molecule has 1 amide bonds. The van der Waals surface area contributed by atoms with Crippen molar-refractivity contribution in [3.05, 3.63) is 57.6 Å². The van der Waals surface area contributed by atoms with E-state index in [1.54, 1.807) is 24.3 Å². The Bertz CT molecular complexity index is 979. The van der Waals surface area contributed by atoms with Crippen molar-refractivity contribution < 1.29 is 17.9 Å². The molecule has 2 aromatic carbocycles. The van der Waals surface area contributed by atoms with E-state index in [4.69, 9.17) is 27.9 Å². The lowest BCUT2D eigenvalue weighted by Crippen LogP contribution is -2.35. The minimum atomic E-state index is -3.25. The molecule has 27 heavy (non-hydrogen) atoms. The fourth-order valence-electron chi connectivity index (χ4n) is 2.91. The Hall–Kier alpha value is -1.80. The highest BCUT2D eigenvalue weighted by molar-refractivity contribution is 7.88. The van der Waals surface area contributed by atoms with Gasteiger partial charge in [0, 0.05) is 23.8 Å². The third-order valence-corrected chi connectivity index (χ3v) is 6.01. The number of benzene rings is 2. The fourth-order valence-corrected chi connectivity index (χ4v) is 4.17. The second-order valence-corrected chi connectivity index (χ2v) is 9.03. The van der Waals surface area contributed by atoms with E-state index in [2.05, 4.69) is 5.32 Å². The summed E-state index contributed by atoms with van der Waals surface area (Å²) in [6.07, 6.45) is 1.73. The minimum absolute atomic E-state index is 0.208. The standard InChI is InChI=1S/C18H18Cl2N2O4S/c1-27(24,25)22-8-7-14-12(10-22)3-2-4-16(14)21-18(23)11-26-17-6-5-13(19)9-15(17)20/h2-6,9H,7-8,10-11H2,1H3,(H,21,23). The van der Waals surface area contributed by atoms with Crippen molar-refractivity contribution in [3.8, 4) is 5.75 Å². The first-order valence-electron chi connectivity index (χ1n) is 8.17. The number of amides is 1. The molecular weight excluding hydrogens is 411 g/mol. The van der Waals surface area contributed by atoms with Crippen molar-refractivity contribution in [1.82, 2.24) is 4.31 Å². The second-order valence-electron chi connectivity index (χ2n) is 6.20. The van der Waals surface area contributed by atoms with Gasteiger partial charge < -0.3 is 10.1 Å². The van der Waals surface area contributed by atoms with Gasteiger partial charge >= 0.3 is 0 Å². The lowest BCUT2D eigenvalue weighted by molar-refractivity contribution is -0.118. The zero-order chi connectivity index (χ0) is 19.6. The van der Waals surface area contributed by atoms with Crippen LogP contribution in [0.4, 0.5) is 5.69 Å². The van der Waals surface area contributed by atoms with Crippen LogP contribution in [0.25, 0.3) is 0 Å². The highest BCUT2D eigenvalue weighted by Gasteiger charge is 2.25. The molecule has 1 aliphatic rings. The maximum atomic E-state index is 12.3. The largest absolute Gasteiger partial charge is 0.482 e. The number of hydrogen-bond donors (Lipinski definition) is 1. The zero-order valence-corrected chi connectivity index (χ0v) is 16.9. The highest BCUT2D eigenvalue weighted by Crippen LogP contribution is 2.29. The first-order chi connectivity index (χ1) is 12.7. The van der Waals surface area contributed by atoms with E-state index in [0.29, 0.717) is 41.0 Å². The van der Waals surface area contributed by atoms with E-state index in [1.807, 2.05) is 6.07 Å². The van der Waals surface area contributed by atoms with Crippen molar-refractivity contribution in [2.24, 2.45) is 0 Å². The third kappa shape index (κ3) is 4.93. The Morgan fingerprint density at radius 1 is 1.26 bits per heavy atom. The first kappa shape index (κ1) is 19.9. The summed E-state index contributed by atoms with van der Waals surface area (Å²) in [5, 5.41) is 3.63. The van der Waals surface area contributed by atoms with Gasteiger partial charge in [-0.25, -0.2) is 8.42 Å². The van der Waals surface area contributed by atoms with E-state index in [-0.39, 0.29) is 12.5 Å². The molecule has 0 bridgehead atoms. The van der Waals surface area contributed by atoms with Gasteiger partial charge in [0.1, 0.15) is 5.75 Å². The van der Waals surface area contributed by atoms with Crippen LogP contribution < -0.4 is 10.1 Å². The summed E-state index contributed by atoms with van der Waals surface area (Å²) in [6.45, 7) is 0.477. The van der Waals surface area contributed by atoms with Crippen molar-refractivity contribution in [3.63, 3.8) is 0 Å². The maximum absolute atomic E-state index is 12.3. The summed E-state index contributed by atoms with van der Waals surface area (Å²) in [4.78, 5) is 12.3. The molecule has 0 saturated heterocycles. The van der Waals surface area contributed by atoms with Crippen LogP contribution in [0, 0.1) is 0 Å². The Morgan fingerprint density at radius 2 is 2.04 bits per heavy atom. The van der Waals surface area contributed by atoms with Crippen LogP contribution in [0.2, 0.25) is 10.0 Å². The van der Waals surface area contributed by atoms with Gasteiger partial charge in [0.2, 0.25) is 10.0 Å². The number of sulfonamides is 1. The fraction of sp³-hybridized carbons (Fsp3) is 0.278. The van der Waals surface area contributed by atoms with Gasteiger partial charge in [-0.2, -0.15) is 4.31 Å². The molecule has 0 fully saturated rings. The van der Waals surface area contributed by atoms with Gasteiger partial charge in [0.25, 0.3) is 5.91 Å². The van der Waals surface area contributed by atoms with Gasteiger partial charge in [0.05, 0.1) is 11.3 Å². The number of ether oxygens (including phenoxy) is 1. The lowest BCUT2D eigenvalue weighted by atomic mass is 9.99. The van der Waals surface area contributed by atoms with Crippen molar-refractivity contribution in [1.29, 1.82) is 0 Å². The van der Waals surface area contributed by atoms with E-state index >= 15 is 0 Å². The molecule has 2 aromatic rings. The minimum Gasteiger partial charge on any atom is -0.482 e. The predicted octanol–water partition coefficient (Wildman–Crippen LogP) is 3.33. The lowest BCUT2D eigenvalue weighted by Gasteiger charge is -2.28. The van der Waals surface area contributed by atoms with Crippen LogP contribution in [-0.2, 0) is 27.8 Å². The van der Waals surface area contributed by atoms with Crippen LogP contribution in [0.5, 0.6) is 5.75 Å². The topological polar surface area (TPSA) is 75.7 Å². The summed E-state index contributed by atoms with van der Waals surface area (Å²) in [5.74, 6) is 0.0371. The van der Waals surface area contributed by atoms with E-state index in [0.717, 1.165) is 11.1 Å². The van der Waals surface area contributed by atoms with Crippen molar-refractivity contribution in [2.45, 2.75) is 13.0 Å². The molecular formula is C18H18Cl2N2O4S. The van der Waals surface area contributed by atoms with E-state index in [9.17, 15) is 13.2 Å². The summed E-state index contributed by atoms with van der Waals surface area (Å²) >= 11 is 11.9. The number of anilines is 1. The van der Waals surface area contributed by atoms with E-state index in [1.165, 1.54) is 16.6 Å². The molecule has 144 valence electrons. The quantitative estimate of drug-likeness (QED) is 0.791. The Morgan fingerprint density at radius 3 is 2.74 bits per heavy atom. The number of carbonyl (C=O) groups is 1. The molecule has 0 radical (unpaired) electrons. The number of nitrogens with one attached hydrogen (secondary N) is 1. The molecule has 9 heteroatoms. The highest BCUT2D eigenvalue weighted by atomic mass is 35.5. The van der Waals surface area contributed by atoms with Crippen molar-refractivity contribution in [2.75, 3.05) is 24.7 Å². The summed E-state index contributed by atoms with van der Waals surface area (Å²) in [5.41, 5.74) is 2.48.